The minimum Gasteiger partial charge on any atom is -0.504 e. The maximum atomic E-state index is 14.2. The van der Waals surface area contributed by atoms with Crippen LogP contribution in [-0.2, 0) is 32.0 Å². The van der Waals surface area contributed by atoms with Gasteiger partial charge in [0.25, 0.3) is 0 Å². The van der Waals surface area contributed by atoms with E-state index in [0.29, 0.717) is 37.9 Å². The summed E-state index contributed by atoms with van der Waals surface area (Å²) in [5.74, 6) is 0.101. The predicted octanol–water partition coefficient (Wildman–Crippen LogP) is 7.41. The summed E-state index contributed by atoms with van der Waals surface area (Å²) in [6, 6.07) is 8.45. The number of benzene rings is 2. The van der Waals surface area contributed by atoms with Gasteiger partial charge in [0.15, 0.2) is 11.5 Å². The number of ether oxygens (including phenoxy) is 2. The molecule has 2 aliphatic rings. The van der Waals surface area contributed by atoms with Crippen LogP contribution in [0.3, 0.4) is 0 Å². The van der Waals surface area contributed by atoms with Crippen LogP contribution in [0.2, 0.25) is 0 Å². The second-order valence-electron chi connectivity index (χ2n) is 15.8. The average Bonchev–Trinajstić information content (AvgIpc) is 3.84. The number of aromatic nitrogens is 2. The number of H-pyrrole nitrogens is 1. The van der Waals surface area contributed by atoms with Crippen molar-refractivity contribution in [1.29, 1.82) is 0 Å². The van der Waals surface area contributed by atoms with Crippen LogP contribution >= 0.6 is 0 Å². The lowest BCUT2D eigenvalue weighted by Crippen LogP contribution is -2.36. The Morgan fingerprint density at radius 3 is 2.52 bits per heavy atom. The summed E-state index contributed by atoms with van der Waals surface area (Å²) >= 11 is 0. The number of methoxy groups -OCH3 is 1. The minimum atomic E-state index is -0.629. The molecule has 0 saturated carbocycles. The van der Waals surface area contributed by atoms with Crippen molar-refractivity contribution in [3.8, 4) is 17.2 Å². The topological polar surface area (TPSA) is 166 Å². The first-order chi connectivity index (χ1) is 28.0. The number of aliphatic hydroxyl groups excluding tert-OH is 1. The van der Waals surface area contributed by atoms with E-state index in [0.717, 1.165) is 54.4 Å². The first-order valence-corrected chi connectivity index (χ1v) is 20.5. The number of rotatable bonds is 10. The summed E-state index contributed by atoms with van der Waals surface area (Å²) < 4.78 is 13.1. The fourth-order valence-corrected chi connectivity index (χ4v) is 8.55. The number of Topliss-reactive ketones (excluding diaryl/α,β-unsaturated/α-hetero) is 2. The first-order valence-electron chi connectivity index (χ1n) is 20.5. The van der Waals surface area contributed by atoms with Gasteiger partial charge in [-0.3, -0.25) is 14.4 Å². The number of phenolic OH excluding ortho intramolecular Hbond substituents is 2. The number of ketones is 2. The molecule has 58 heavy (non-hydrogen) atoms. The molecule has 4 bridgehead atoms. The van der Waals surface area contributed by atoms with Crippen LogP contribution in [0.25, 0.3) is 10.8 Å². The number of dihydropyridines is 1. The molecule has 12 nitrogen and oxygen atoms in total. The zero-order valence-electron chi connectivity index (χ0n) is 34.1. The molecule has 0 amide bonds. The van der Waals surface area contributed by atoms with Gasteiger partial charge in [0.1, 0.15) is 23.5 Å². The van der Waals surface area contributed by atoms with Crippen molar-refractivity contribution in [2.24, 2.45) is 11.8 Å². The van der Waals surface area contributed by atoms with E-state index in [1.807, 2.05) is 35.2 Å². The molecule has 2 aromatic heterocycles. The molecule has 12 heteroatoms. The lowest BCUT2D eigenvalue weighted by molar-refractivity contribution is -0.148. The third-order valence-electron chi connectivity index (χ3n) is 11.7. The maximum absolute atomic E-state index is 14.2. The molecule has 6 rings (SSSR count). The van der Waals surface area contributed by atoms with Crippen LogP contribution in [0.5, 0.6) is 17.2 Å². The van der Waals surface area contributed by atoms with Gasteiger partial charge in [0.2, 0.25) is 5.75 Å². The number of esters is 1. The largest absolute Gasteiger partial charge is 0.504 e. The molecular formula is C46H58N4O8. The second-order valence-corrected chi connectivity index (χ2v) is 15.8. The van der Waals surface area contributed by atoms with Crippen molar-refractivity contribution in [3.63, 3.8) is 0 Å². The van der Waals surface area contributed by atoms with Gasteiger partial charge in [0, 0.05) is 81.4 Å². The molecule has 2 aromatic carbocycles. The number of nitrogens with zero attached hydrogens (tertiary/aromatic N) is 2. The lowest BCUT2D eigenvalue weighted by atomic mass is 9.84. The quantitative estimate of drug-likeness (QED) is 0.0806. The van der Waals surface area contributed by atoms with Crippen LogP contribution in [0.4, 0.5) is 5.69 Å². The summed E-state index contributed by atoms with van der Waals surface area (Å²) in [4.78, 5) is 44.5. The number of hydrogen-bond acceptors (Lipinski definition) is 10. The Morgan fingerprint density at radius 2 is 1.79 bits per heavy atom. The Bertz CT molecular complexity index is 2150. The third-order valence-corrected chi connectivity index (χ3v) is 11.7. The summed E-state index contributed by atoms with van der Waals surface area (Å²) in [7, 11) is 1.40. The number of carbonyl (C=O) groups excluding carboxylic acids is 3. The van der Waals surface area contributed by atoms with E-state index in [9.17, 15) is 29.7 Å². The number of fused-ring (bicyclic) bond motifs is 3. The SMILES string of the molecule is CCC1CCC(OC(C)=O)CC(=O)CC(c2cc(O)c(O)c(OC)c2)n2cc3cccc(c3c2)N(CCC(C)=O)C2=CC(=CCN2)C(CCCO)Cc2c[nH]cc2C1. The molecule has 5 N–H and O–H groups in total. The van der Waals surface area contributed by atoms with Crippen LogP contribution in [0, 0.1) is 11.8 Å². The number of carbonyl (C=O) groups is 3. The minimum absolute atomic E-state index is 0.00944. The van der Waals surface area contributed by atoms with Crippen molar-refractivity contribution in [2.75, 3.05) is 31.7 Å². The molecule has 4 aromatic rings. The van der Waals surface area contributed by atoms with E-state index in [4.69, 9.17) is 9.47 Å². The molecule has 0 saturated heterocycles. The molecule has 4 unspecified atom stereocenters. The molecule has 4 atom stereocenters. The highest BCUT2D eigenvalue weighted by atomic mass is 16.5. The zero-order chi connectivity index (χ0) is 41.3. The number of hydrogen-bond donors (Lipinski definition) is 5. The highest BCUT2D eigenvalue weighted by molar-refractivity contribution is 5.95. The van der Waals surface area contributed by atoms with Gasteiger partial charge in [-0.25, -0.2) is 0 Å². The summed E-state index contributed by atoms with van der Waals surface area (Å²) in [5.41, 5.74) is 5.07. The van der Waals surface area contributed by atoms with Crippen molar-refractivity contribution >= 4 is 34.0 Å². The number of allylic oxidation sites excluding steroid dienone is 2. The van der Waals surface area contributed by atoms with E-state index in [2.05, 4.69) is 46.7 Å². The first kappa shape index (κ1) is 42.1. The zero-order valence-corrected chi connectivity index (χ0v) is 34.1. The summed E-state index contributed by atoms with van der Waals surface area (Å²) in [6.45, 7) is 6.25. The number of aromatic hydroxyl groups is 2. The number of nitrogens with one attached hydrogen (secondary N) is 2. The second kappa shape index (κ2) is 19.3. The maximum Gasteiger partial charge on any atom is 0.302 e. The van der Waals surface area contributed by atoms with Crippen molar-refractivity contribution < 1.29 is 39.2 Å². The number of aliphatic hydroxyl groups is 1. The fraction of sp³-hybridized carbons (Fsp3) is 0.457. The third kappa shape index (κ3) is 10.1. The Kier molecular flexibility index (Phi) is 14.0. The highest BCUT2D eigenvalue weighted by Crippen LogP contribution is 2.41. The average molecular weight is 795 g/mol. The van der Waals surface area contributed by atoms with Crippen LogP contribution < -0.4 is 15.0 Å². The van der Waals surface area contributed by atoms with E-state index < -0.39 is 23.9 Å². The molecule has 0 radical (unpaired) electrons. The highest BCUT2D eigenvalue weighted by Gasteiger charge is 2.28. The Balaban J connectivity index is 1.51. The molecule has 0 fully saturated rings. The summed E-state index contributed by atoms with van der Waals surface area (Å²) in [6.07, 6.45) is 17.6. The van der Waals surface area contributed by atoms with Gasteiger partial charge in [-0.05, 0) is 104 Å². The Morgan fingerprint density at radius 1 is 1.00 bits per heavy atom. The van der Waals surface area contributed by atoms with Crippen molar-refractivity contribution in [3.05, 3.63) is 95.4 Å². The molecule has 2 aliphatic heterocycles. The monoisotopic (exact) mass is 794 g/mol. The van der Waals surface area contributed by atoms with Gasteiger partial charge >= 0.3 is 5.97 Å². The van der Waals surface area contributed by atoms with E-state index in [-0.39, 0.29) is 54.3 Å². The molecule has 0 spiro atoms. The standard InChI is InChI=1S/C46H58N4O8/c1-5-31-11-12-39(58-30(3)53)23-38(54)24-42(35-20-43(55)46(56)44(21-35)57-4)49-27-34-8-6-10-41(40(34)28-49)50(16-14-29(2)52)45-22-33(13-15-48-45)32(9-7-17-51)19-37-26-47-25-36(37)18-31/h6,8,10,13,20-22,25-28,31-32,39,42,47-48,51,55-56H,5,7,9,11-12,14-19,23-24H2,1-4H3. The number of aromatic amines is 1. The summed E-state index contributed by atoms with van der Waals surface area (Å²) in [5, 5.41) is 36.6. The molecule has 4 heterocycles. The van der Waals surface area contributed by atoms with Gasteiger partial charge in [-0.1, -0.05) is 31.6 Å². The van der Waals surface area contributed by atoms with Crippen LogP contribution in [0.15, 0.2) is 78.7 Å². The Labute approximate surface area is 340 Å². The molecule has 310 valence electrons. The van der Waals surface area contributed by atoms with E-state index >= 15 is 0 Å². The fourth-order valence-electron chi connectivity index (χ4n) is 8.55. The lowest BCUT2D eigenvalue weighted by Gasteiger charge is -2.32. The normalized spacial score (nSPS) is 20.7. The van der Waals surface area contributed by atoms with Gasteiger partial charge < -0.3 is 44.6 Å². The predicted molar refractivity (Wildman–Crippen MR) is 224 cm³/mol. The molecule has 0 aliphatic carbocycles. The molecular weight excluding hydrogens is 737 g/mol. The number of phenols is 2. The van der Waals surface area contributed by atoms with Crippen molar-refractivity contribution in [1.82, 2.24) is 14.9 Å². The van der Waals surface area contributed by atoms with Crippen LogP contribution in [-0.4, -0.2) is 75.3 Å². The Hall–Kier alpha value is -5.49. The van der Waals surface area contributed by atoms with Gasteiger partial charge in [-0.15, -0.1) is 0 Å². The number of anilines is 1. The van der Waals surface area contributed by atoms with Gasteiger partial charge in [0.05, 0.1) is 18.8 Å². The van der Waals surface area contributed by atoms with E-state index in [1.165, 1.54) is 36.8 Å². The van der Waals surface area contributed by atoms with Crippen LogP contribution in [0.1, 0.15) is 94.9 Å². The smallest absolute Gasteiger partial charge is 0.302 e. The van der Waals surface area contributed by atoms with Crippen molar-refractivity contribution in [2.45, 2.75) is 97.1 Å². The van der Waals surface area contributed by atoms with E-state index in [1.54, 1.807) is 13.0 Å². The van der Waals surface area contributed by atoms with Gasteiger partial charge in [-0.2, -0.15) is 0 Å².